The molecule has 0 atom stereocenters. The van der Waals surface area contributed by atoms with Crippen molar-refractivity contribution in [3.8, 4) is 0 Å². The third-order valence-electron chi connectivity index (χ3n) is 3.53. The summed E-state index contributed by atoms with van der Waals surface area (Å²) in [5, 5.41) is 11.0. The summed E-state index contributed by atoms with van der Waals surface area (Å²) in [7, 11) is 0. The number of rotatable bonds is 3. The first-order chi connectivity index (χ1) is 11.5. The highest BCUT2D eigenvalue weighted by Gasteiger charge is 2.27. The van der Waals surface area contributed by atoms with E-state index < -0.39 is 10.9 Å². The highest BCUT2D eigenvalue weighted by atomic mass is 19.1. The number of carbonyl (C=O) groups excluding carboxylic acids is 1. The SMILES string of the molecule is Cc1c(C2=N/C(=C/c3ccc(F)cc3)C(=O)O2)cccc1[N+](=O)[O-]. The van der Waals surface area contributed by atoms with Gasteiger partial charge in [-0.1, -0.05) is 18.2 Å². The summed E-state index contributed by atoms with van der Waals surface area (Å²) in [4.78, 5) is 26.5. The van der Waals surface area contributed by atoms with E-state index in [1.54, 1.807) is 13.0 Å². The summed E-state index contributed by atoms with van der Waals surface area (Å²) >= 11 is 0. The Morgan fingerprint density at radius 3 is 2.58 bits per heavy atom. The molecule has 0 spiro atoms. The molecule has 1 aliphatic heterocycles. The van der Waals surface area contributed by atoms with Crippen LogP contribution in [0.5, 0.6) is 0 Å². The van der Waals surface area contributed by atoms with Crippen molar-refractivity contribution >= 4 is 23.6 Å². The van der Waals surface area contributed by atoms with Crippen LogP contribution in [-0.2, 0) is 9.53 Å². The molecule has 6 nitrogen and oxygen atoms in total. The van der Waals surface area contributed by atoms with Gasteiger partial charge in [-0.3, -0.25) is 10.1 Å². The van der Waals surface area contributed by atoms with E-state index >= 15 is 0 Å². The number of halogens is 1. The molecule has 2 aromatic rings. The Hall–Kier alpha value is -3.35. The fourth-order valence-electron chi connectivity index (χ4n) is 2.29. The molecule has 1 aliphatic rings. The predicted octanol–water partition coefficient (Wildman–Crippen LogP) is 3.39. The molecule has 0 saturated heterocycles. The van der Waals surface area contributed by atoms with Crippen LogP contribution in [0.25, 0.3) is 6.08 Å². The normalized spacial score (nSPS) is 15.3. The number of nitro groups is 1. The third-order valence-corrected chi connectivity index (χ3v) is 3.53. The standard InChI is InChI=1S/C17H11FN2O4/c1-10-13(3-2-4-15(10)20(22)23)16-19-14(17(21)24-16)9-11-5-7-12(18)8-6-11/h2-9H,1H3/b14-9+. The van der Waals surface area contributed by atoms with Crippen molar-refractivity contribution in [2.45, 2.75) is 6.92 Å². The van der Waals surface area contributed by atoms with E-state index in [0.717, 1.165) is 0 Å². The van der Waals surface area contributed by atoms with Gasteiger partial charge in [-0.05, 0) is 36.8 Å². The molecule has 120 valence electrons. The fourth-order valence-corrected chi connectivity index (χ4v) is 2.29. The minimum Gasteiger partial charge on any atom is -0.402 e. The van der Waals surface area contributed by atoms with Crippen LogP contribution in [0, 0.1) is 22.9 Å². The number of esters is 1. The number of nitro benzene ring substituents is 1. The molecule has 24 heavy (non-hydrogen) atoms. The quantitative estimate of drug-likeness (QED) is 0.375. The van der Waals surface area contributed by atoms with Gasteiger partial charge in [-0.2, -0.15) is 0 Å². The molecular formula is C17H11FN2O4. The Morgan fingerprint density at radius 1 is 1.21 bits per heavy atom. The number of aliphatic imine (C=N–C) groups is 1. The summed E-state index contributed by atoms with van der Waals surface area (Å²) in [5.74, 6) is -1.04. The van der Waals surface area contributed by atoms with Crippen molar-refractivity contribution in [1.29, 1.82) is 0 Å². The highest BCUT2D eigenvalue weighted by molar-refractivity contribution is 6.13. The van der Waals surface area contributed by atoms with Gasteiger partial charge >= 0.3 is 5.97 Å². The number of benzene rings is 2. The van der Waals surface area contributed by atoms with Crippen molar-refractivity contribution in [1.82, 2.24) is 0 Å². The topological polar surface area (TPSA) is 81.8 Å². The number of hydrogen-bond acceptors (Lipinski definition) is 5. The molecule has 0 saturated carbocycles. The van der Waals surface area contributed by atoms with Crippen LogP contribution in [0.2, 0.25) is 0 Å². The van der Waals surface area contributed by atoms with Gasteiger partial charge in [0, 0.05) is 17.2 Å². The molecule has 0 aromatic heterocycles. The zero-order chi connectivity index (χ0) is 17.3. The van der Waals surface area contributed by atoms with Crippen LogP contribution >= 0.6 is 0 Å². The first kappa shape index (κ1) is 15.5. The van der Waals surface area contributed by atoms with Gasteiger partial charge in [0.1, 0.15) is 5.82 Å². The second kappa shape index (κ2) is 6.04. The van der Waals surface area contributed by atoms with Gasteiger partial charge in [0.15, 0.2) is 5.70 Å². The van der Waals surface area contributed by atoms with E-state index in [4.69, 9.17) is 4.74 Å². The largest absolute Gasteiger partial charge is 0.402 e. The number of carbonyl (C=O) groups is 1. The summed E-state index contributed by atoms with van der Waals surface area (Å²) in [6, 6.07) is 9.99. The van der Waals surface area contributed by atoms with Gasteiger partial charge in [0.2, 0.25) is 5.90 Å². The van der Waals surface area contributed by atoms with Crippen LogP contribution < -0.4 is 0 Å². The average molecular weight is 326 g/mol. The lowest BCUT2D eigenvalue weighted by Crippen LogP contribution is -2.08. The molecule has 0 amide bonds. The molecule has 1 heterocycles. The van der Waals surface area contributed by atoms with Gasteiger partial charge in [-0.25, -0.2) is 14.2 Å². The Bertz CT molecular complexity index is 901. The van der Waals surface area contributed by atoms with E-state index in [0.29, 0.717) is 16.7 Å². The van der Waals surface area contributed by atoms with Crippen LogP contribution in [-0.4, -0.2) is 16.8 Å². The number of ether oxygens (including phenoxy) is 1. The maximum atomic E-state index is 12.9. The minimum absolute atomic E-state index is 0.00885. The van der Waals surface area contributed by atoms with E-state index in [1.807, 2.05) is 0 Å². The van der Waals surface area contributed by atoms with E-state index in [1.165, 1.54) is 42.5 Å². The van der Waals surface area contributed by atoms with Crippen LogP contribution in [0.15, 0.2) is 53.2 Å². The number of hydrogen-bond donors (Lipinski definition) is 0. The van der Waals surface area contributed by atoms with E-state index in [2.05, 4.69) is 4.99 Å². The van der Waals surface area contributed by atoms with Crippen molar-refractivity contribution in [2.24, 2.45) is 4.99 Å². The van der Waals surface area contributed by atoms with Crippen molar-refractivity contribution in [2.75, 3.05) is 0 Å². The summed E-state index contributed by atoms with van der Waals surface area (Å²) in [5.41, 5.74) is 1.28. The Balaban J connectivity index is 1.99. The summed E-state index contributed by atoms with van der Waals surface area (Å²) in [6.45, 7) is 1.56. The first-order valence-electron chi connectivity index (χ1n) is 6.98. The molecule has 0 N–H and O–H groups in total. The Kier molecular flexibility index (Phi) is 3.91. The van der Waals surface area contributed by atoms with Crippen molar-refractivity contribution < 1.29 is 18.8 Å². The maximum absolute atomic E-state index is 12.9. The van der Waals surface area contributed by atoms with E-state index in [9.17, 15) is 19.3 Å². The van der Waals surface area contributed by atoms with Gasteiger partial charge in [0.25, 0.3) is 5.69 Å². The number of nitrogens with zero attached hydrogens (tertiary/aromatic N) is 2. The molecule has 2 aromatic carbocycles. The first-order valence-corrected chi connectivity index (χ1v) is 6.98. The Labute approximate surface area is 136 Å². The zero-order valence-corrected chi connectivity index (χ0v) is 12.5. The summed E-state index contributed by atoms with van der Waals surface area (Å²) < 4.78 is 18.0. The molecule has 0 unspecified atom stereocenters. The van der Waals surface area contributed by atoms with Crippen molar-refractivity contribution in [3.63, 3.8) is 0 Å². The lowest BCUT2D eigenvalue weighted by atomic mass is 10.1. The monoisotopic (exact) mass is 326 g/mol. The van der Waals surface area contributed by atoms with Gasteiger partial charge < -0.3 is 4.74 Å². The molecule has 0 aliphatic carbocycles. The lowest BCUT2D eigenvalue weighted by Gasteiger charge is -2.04. The van der Waals surface area contributed by atoms with Crippen LogP contribution in [0.1, 0.15) is 16.7 Å². The molecule has 3 rings (SSSR count). The smallest absolute Gasteiger partial charge is 0.363 e. The zero-order valence-electron chi connectivity index (χ0n) is 12.5. The second-order valence-electron chi connectivity index (χ2n) is 5.09. The fraction of sp³-hybridized carbons (Fsp3) is 0.0588. The summed E-state index contributed by atoms with van der Waals surface area (Å²) in [6.07, 6.45) is 1.46. The third kappa shape index (κ3) is 2.91. The molecule has 7 heteroatoms. The molecule has 0 radical (unpaired) electrons. The average Bonchev–Trinajstić information content (AvgIpc) is 2.90. The van der Waals surface area contributed by atoms with Gasteiger partial charge in [-0.15, -0.1) is 0 Å². The second-order valence-corrected chi connectivity index (χ2v) is 5.09. The highest BCUT2D eigenvalue weighted by Crippen LogP contribution is 2.26. The molecule has 0 bridgehead atoms. The molecule has 0 fully saturated rings. The minimum atomic E-state index is -0.666. The van der Waals surface area contributed by atoms with E-state index in [-0.39, 0.29) is 23.1 Å². The lowest BCUT2D eigenvalue weighted by molar-refractivity contribution is -0.385. The van der Waals surface area contributed by atoms with Crippen molar-refractivity contribution in [3.05, 3.63) is 80.8 Å². The van der Waals surface area contributed by atoms with Crippen LogP contribution in [0.4, 0.5) is 10.1 Å². The van der Waals surface area contributed by atoms with Gasteiger partial charge in [0.05, 0.1) is 4.92 Å². The maximum Gasteiger partial charge on any atom is 0.363 e. The molecular weight excluding hydrogens is 315 g/mol. The van der Waals surface area contributed by atoms with Crippen LogP contribution in [0.3, 0.4) is 0 Å². The predicted molar refractivity (Wildman–Crippen MR) is 84.8 cm³/mol. The number of cyclic esters (lactones) is 1. The Morgan fingerprint density at radius 2 is 1.92 bits per heavy atom.